The molecule has 0 saturated carbocycles. The lowest BCUT2D eigenvalue weighted by molar-refractivity contribution is -0.141. The van der Waals surface area contributed by atoms with E-state index < -0.39 is 23.2 Å². The number of aromatic hydroxyl groups is 1. The standard InChI is InChI=1S/C43H46N7O6S2Si/c1-23(2)38(42(54)50-21-28(51)18-33(50)40(53)46-43(4,59)26-11-9-25(10-12-26)39-24(3)45-22-57-39)35-20-37(49-56-35)55-16-15-44-27-13-14-36-30(17-27)31-19-32(47-48-41(31)58-36)29-7-5-6-8-34(29)52/h5-12,19-20,22-23,27-28,33,38,44,51-52H,13-18,21H2,1-4H3,(H,46,53)/t27?,28-,33+,38-,43+/m1/s1. The summed E-state index contributed by atoms with van der Waals surface area (Å²) in [4.78, 5) is 37.2. The third-order valence-corrected chi connectivity index (χ3v) is 13.8. The number of amides is 2. The molecule has 0 bridgehead atoms. The molecule has 3 radical (unpaired) electrons. The van der Waals surface area contributed by atoms with Crippen molar-refractivity contribution >= 4 is 54.9 Å². The quantitative estimate of drug-likeness (QED) is 0.0809. The van der Waals surface area contributed by atoms with Gasteiger partial charge in [0.1, 0.15) is 29.1 Å². The van der Waals surface area contributed by atoms with Crippen molar-refractivity contribution in [3.05, 3.63) is 93.6 Å². The minimum Gasteiger partial charge on any atom is -0.507 e. The van der Waals surface area contributed by atoms with E-state index in [4.69, 9.17) is 9.26 Å². The average molecular weight is 849 g/mol. The second-order valence-electron chi connectivity index (χ2n) is 15.9. The SMILES string of the molecule is Cc1ncsc1-c1ccc([C@](C)([Si])NC(=O)[C@@H]2C[C@@H](O)CN2C(=O)[C@@H](c2cc(OCCNC3CCc4sc5nnc(-c6ccccc6O)cc5c4C3)no2)C(C)C)cc1. The molecule has 4 aromatic heterocycles. The fourth-order valence-electron chi connectivity index (χ4n) is 8.14. The number of para-hydroxylation sites is 1. The molecular weight excluding hydrogens is 803 g/mol. The zero-order valence-corrected chi connectivity index (χ0v) is 35.9. The first kappa shape index (κ1) is 40.8. The predicted molar refractivity (Wildman–Crippen MR) is 228 cm³/mol. The van der Waals surface area contributed by atoms with E-state index in [1.54, 1.807) is 40.9 Å². The van der Waals surface area contributed by atoms with Crippen LogP contribution in [0, 0.1) is 12.8 Å². The minimum atomic E-state index is -0.935. The molecule has 1 aliphatic carbocycles. The molecule has 13 nitrogen and oxygen atoms in total. The largest absolute Gasteiger partial charge is 0.507 e. The number of β-amino-alcohol motifs (C(OH)–C–C–N with tert-alkyl or cyclic N) is 1. The Hall–Kier alpha value is -5.00. The molecule has 8 rings (SSSR count). The van der Waals surface area contributed by atoms with Gasteiger partial charge in [0.05, 0.1) is 38.1 Å². The number of aliphatic hydroxyl groups is 1. The molecule has 16 heteroatoms. The maximum Gasteiger partial charge on any atom is 0.254 e. The average Bonchev–Trinajstić information content (AvgIpc) is 4.02. The number of rotatable bonds is 13. The smallest absolute Gasteiger partial charge is 0.254 e. The number of aromatic nitrogens is 4. The van der Waals surface area contributed by atoms with Crippen LogP contribution in [0.15, 0.2) is 70.7 Å². The first-order chi connectivity index (χ1) is 28.4. The highest BCUT2D eigenvalue weighted by atomic mass is 32.1. The Balaban J connectivity index is 0.869. The summed E-state index contributed by atoms with van der Waals surface area (Å²) in [6.45, 7) is 8.58. The summed E-state index contributed by atoms with van der Waals surface area (Å²) in [5.41, 5.74) is 7.23. The summed E-state index contributed by atoms with van der Waals surface area (Å²) in [6, 6.07) is 18.1. The second-order valence-corrected chi connectivity index (χ2v) is 18.8. The summed E-state index contributed by atoms with van der Waals surface area (Å²) in [7, 11) is 3.77. The number of hydrogen-bond donors (Lipinski definition) is 4. The van der Waals surface area contributed by atoms with Gasteiger partial charge in [0.15, 0.2) is 5.76 Å². The van der Waals surface area contributed by atoms with Crippen molar-refractivity contribution in [3.8, 4) is 33.3 Å². The molecule has 0 spiro atoms. The fourth-order valence-corrected chi connectivity index (χ4v) is 10.4. The van der Waals surface area contributed by atoms with Gasteiger partial charge in [0.25, 0.3) is 5.88 Å². The predicted octanol–water partition coefficient (Wildman–Crippen LogP) is 5.87. The van der Waals surface area contributed by atoms with Crippen molar-refractivity contribution in [3.63, 3.8) is 0 Å². The van der Waals surface area contributed by atoms with Gasteiger partial charge in [-0.3, -0.25) is 9.59 Å². The van der Waals surface area contributed by atoms with Crippen LogP contribution in [-0.2, 0) is 27.6 Å². The molecule has 1 saturated heterocycles. The van der Waals surface area contributed by atoms with Crippen LogP contribution in [-0.4, -0.2) is 95.4 Å². The molecule has 2 aromatic carbocycles. The van der Waals surface area contributed by atoms with Crippen LogP contribution in [0.25, 0.3) is 31.9 Å². The van der Waals surface area contributed by atoms with E-state index in [0.29, 0.717) is 30.2 Å². The second kappa shape index (κ2) is 16.9. The van der Waals surface area contributed by atoms with Crippen LogP contribution in [0.5, 0.6) is 11.6 Å². The molecule has 2 aliphatic rings. The highest BCUT2D eigenvalue weighted by molar-refractivity contribution is 7.18. The number of carbonyl (C=O) groups is 2. The lowest BCUT2D eigenvalue weighted by Crippen LogP contribution is -2.53. The summed E-state index contributed by atoms with van der Waals surface area (Å²) in [5.74, 6) is -0.856. The van der Waals surface area contributed by atoms with Gasteiger partial charge in [-0.05, 0) is 79.1 Å². The van der Waals surface area contributed by atoms with E-state index in [9.17, 15) is 19.8 Å². The van der Waals surface area contributed by atoms with Gasteiger partial charge in [-0.2, -0.15) is 0 Å². The molecule has 6 aromatic rings. The van der Waals surface area contributed by atoms with E-state index in [-0.39, 0.29) is 48.4 Å². The number of thiazole rings is 1. The molecule has 305 valence electrons. The molecule has 59 heavy (non-hydrogen) atoms. The molecule has 1 aliphatic heterocycles. The van der Waals surface area contributed by atoms with Gasteiger partial charge >= 0.3 is 0 Å². The Morgan fingerprint density at radius 2 is 1.93 bits per heavy atom. The molecule has 1 unspecified atom stereocenters. The molecule has 4 N–H and O–H groups in total. The molecular formula is C43H46N7O6S2Si. The Bertz CT molecular complexity index is 2470. The summed E-state index contributed by atoms with van der Waals surface area (Å²) < 4.78 is 11.7. The van der Waals surface area contributed by atoms with Crippen LogP contribution in [0.4, 0.5) is 0 Å². The number of benzene rings is 2. The Morgan fingerprint density at radius 3 is 2.68 bits per heavy atom. The van der Waals surface area contributed by atoms with E-state index in [1.165, 1.54) is 15.3 Å². The van der Waals surface area contributed by atoms with Crippen molar-refractivity contribution < 1.29 is 29.1 Å². The number of nitrogens with one attached hydrogen (secondary N) is 2. The third-order valence-electron chi connectivity index (χ3n) is 11.2. The van der Waals surface area contributed by atoms with Gasteiger partial charge in [-0.15, -0.1) is 32.9 Å². The van der Waals surface area contributed by atoms with Crippen molar-refractivity contribution in [1.29, 1.82) is 0 Å². The summed E-state index contributed by atoms with van der Waals surface area (Å²) in [6.07, 6.45) is 2.02. The first-order valence-electron chi connectivity index (χ1n) is 19.8. The number of phenols is 1. The number of nitrogens with zero attached hydrogens (tertiary/aromatic N) is 5. The topological polar surface area (TPSA) is 176 Å². The van der Waals surface area contributed by atoms with Gasteiger partial charge < -0.3 is 35.0 Å². The number of thiophene rings is 1. The Labute approximate surface area is 353 Å². The number of aryl methyl sites for hydroxylation is 2. The summed E-state index contributed by atoms with van der Waals surface area (Å²) >= 11 is 3.26. The Kier molecular flexibility index (Phi) is 11.7. The van der Waals surface area contributed by atoms with Crippen LogP contribution < -0.4 is 15.4 Å². The first-order valence-corrected chi connectivity index (χ1v) is 22.0. The molecule has 2 amide bonds. The number of hydrogen-bond acceptors (Lipinski definition) is 13. The lowest BCUT2D eigenvalue weighted by atomic mass is 9.91. The molecule has 5 heterocycles. The van der Waals surface area contributed by atoms with Gasteiger partial charge in [0.2, 0.25) is 11.8 Å². The summed E-state index contributed by atoms with van der Waals surface area (Å²) in [5, 5.41) is 40.9. The van der Waals surface area contributed by atoms with Crippen molar-refractivity contribution in [2.24, 2.45) is 5.92 Å². The zero-order chi connectivity index (χ0) is 41.4. The van der Waals surface area contributed by atoms with Crippen molar-refractivity contribution in [2.45, 2.75) is 82.6 Å². The van der Waals surface area contributed by atoms with Crippen molar-refractivity contribution in [2.75, 3.05) is 19.7 Å². The highest BCUT2D eigenvalue weighted by Crippen LogP contribution is 2.38. The third kappa shape index (κ3) is 8.55. The maximum atomic E-state index is 14.2. The Morgan fingerprint density at radius 1 is 1.14 bits per heavy atom. The van der Waals surface area contributed by atoms with Crippen LogP contribution >= 0.6 is 22.7 Å². The maximum absolute atomic E-state index is 14.2. The van der Waals surface area contributed by atoms with Gasteiger partial charge in [0, 0.05) is 52.6 Å². The van der Waals surface area contributed by atoms with E-state index in [0.717, 1.165) is 51.2 Å². The number of fused-ring (bicyclic) bond motifs is 3. The van der Waals surface area contributed by atoms with E-state index in [1.807, 2.05) is 75.7 Å². The van der Waals surface area contributed by atoms with Crippen LogP contribution in [0.3, 0.4) is 0 Å². The van der Waals surface area contributed by atoms with Gasteiger partial charge in [-0.1, -0.05) is 50.2 Å². The van der Waals surface area contributed by atoms with Crippen molar-refractivity contribution in [1.82, 2.24) is 35.9 Å². The van der Waals surface area contributed by atoms with E-state index in [2.05, 4.69) is 41.2 Å². The zero-order valence-electron chi connectivity index (χ0n) is 33.3. The minimum absolute atomic E-state index is 0.0274. The molecule has 1 fully saturated rings. The highest BCUT2D eigenvalue weighted by Gasteiger charge is 2.44. The number of ether oxygens (including phenoxy) is 1. The number of likely N-dealkylation sites (tertiary alicyclic amines) is 1. The number of phenolic OH excluding ortho intramolecular Hbond substituents is 1. The fraction of sp³-hybridized carbons (Fsp3) is 0.395. The van der Waals surface area contributed by atoms with E-state index >= 15 is 0 Å². The van der Waals surface area contributed by atoms with Gasteiger partial charge in [-0.25, -0.2) is 4.98 Å². The number of carbonyl (C=O) groups excluding carboxylic acids is 2. The molecule has 5 atom stereocenters. The lowest BCUT2D eigenvalue weighted by Gasteiger charge is -2.32. The normalized spacial score (nSPS) is 19.4. The van der Waals surface area contributed by atoms with Crippen LogP contribution in [0.1, 0.15) is 67.0 Å². The van der Waals surface area contributed by atoms with Crippen LogP contribution in [0.2, 0.25) is 0 Å². The monoisotopic (exact) mass is 848 g/mol. The number of aliphatic hydroxyl groups excluding tert-OH is 1.